The predicted molar refractivity (Wildman–Crippen MR) is 35.0 cm³/mol. The van der Waals surface area contributed by atoms with Gasteiger partial charge in [0.05, 0.1) is 12.0 Å². The Bertz CT molecular complexity index is 118. The van der Waals surface area contributed by atoms with Gasteiger partial charge in [-0.2, -0.15) is 5.26 Å². The zero-order valence-corrected chi connectivity index (χ0v) is 5.83. The van der Waals surface area contributed by atoms with Gasteiger partial charge in [0.25, 0.3) is 0 Å². The number of hydrogen-bond donors (Lipinski definition) is 0. The quantitative estimate of drug-likeness (QED) is 0.447. The maximum atomic E-state index is 8.40. The molecule has 1 saturated heterocycles. The zero-order valence-electron chi connectivity index (χ0n) is 4.67. The van der Waals surface area contributed by atoms with Crippen molar-refractivity contribution >= 4 is 9.39 Å². The standard InChI is InChI=1S/C5H9N2P/c6-3-5-1-2-7(8)4-5/h5H,1-2,4,8H2/t5-/m1/s1. The Hall–Kier alpha value is -0.120. The zero-order chi connectivity index (χ0) is 5.98. The van der Waals surface area contributed by atoms with E-state index in [1.807, 2.05) is 0 Å². The summed E-state index contributed by atoms with van der Waals surface area (Å²) in [6.45, 7) is 1.99. The summed E-state index contributed by atoms with van der Waals surface area (Å²) in [5, 5.41) is 8.40. The predicted octanol–water partition coefficient (Wildman–Crippen LogP) is 0.622. The molecule has 1 rings (SSSR count). The van der Waals surface area contributed by atoms with Crippen LogP contribution in [-0.2, 0) is 0 Å². The summed E-state index contributed by atoms with van der Waals surface area (Å²) < 4.78 is 2.11. The van der Waals surface area contributed by atoms with Gasteiger partial charge in [-0.1, -0.05) is 9.39 Å². The lowest BCUT2D eigenvalue weighted by Crippen LogP contribution is -2.05. The van der Waals surface area contributed by atoms with Crippen molar-refractivity contribution < 1.29 is 0 Å². The molecule has 0 saturated carbocycles. The molecule has 0 bridgehead atoms. The fraction of sp³-hybridized carbons (Fsp3) is 0.800. The van der Waals surface area contributed by atoms with Crippen LogP contribution in [0.1, 0.15) is 6.42 Å². The van der Waals surface area contributed by atoms with E-state index >= 15 is 0 Å². The van der Waals surface area contributed by atoms with Crippen molar-refractivity contribution in [3.05, 3.63) is 0 Å². The van der Waals surface area contributed by atoms with Crippen LogP contribution in [0.25, 0.3) is 0 Å². The summed E-state index contributed by atoms with van der Waals surface area (Å²) in [6.07, 6.45) is 1.04. The lowest BCUT2D eigenvalue weighted by molar-refractivity contribution is 0.570. The molecule has 1 aliphatic heterocycles. The third-order valence-electron chi connectivity index (χ3n) is 1.40. The fourth-order valence-electron chi connectivity index (χ4n) is 0.893. The van der Waals surface area contributed by atoms with E-state index in [-0.39, 0.29) is 5.92 Å². The van der Waals surface area contributed by atoms with Crippen LogP contribution >= 0.6 is 9.39 Å². The minimum atomic E-state index is 0.285. The van der Waals surface area contributed by atoms with E-state index in [1.165, 1.54) is 0 Å². The lowest BCUT2D eigenvalue weighted by Gasteiger charge is -2.02. The second kappa shape index (κ2) is 2.44. The second-order valence-corrected chi connectivity index (χ2v) is 2.84. The average molecular weight is 128 g/mol. The second-order valence-electron chi connectivity index (χ2n) is 2.11. The van der Waals surface area contributed by atoms with E-state index in [0.717, 1.165) is 19.5 Å². The third-order valence-corrected chi connectivity index (χ3v) is 1.87. The molecular formula is C5H9N2P. The summed E-state index contributed by atoms with van der Waals surface area (Å²) in [6, 6.07) is 2.24. The molecule has 0 aromatic rings. The molecule has 44 valence electrons. The molecule has 1 fully saturated rings. The molecule has 0 aromatic carbocycles. The summed E-state index contributed by atoms with van der Waals surface area (Å²) in [7, 11) is 2.61. The van der Waals surface area contributed by atoms with Crippen molar-refractivity contribution in [1.29, 1.82) is 5.26 Å². The Kier molecular flexibility index (Phi) is 1.83. The van der Waals surface area contributed by atoms with Crippen molar-refractivity contribution in [2.75, 3.05) is 13.1 Å². The fourth-order valence-corrected chi connectivity index (χ4v) is 1.30. The highest BCUT2D eigenvalue weighted by Gasteiger charge is 2.17. The van der Waals surface area contributed by atoms with Crippen LogP contribution in [0.15, 0.2) is 0 Å². The molecule has 0 aromatic heterocycles. The van der Waals surface area contributed by atoms with E-state index in [4.69, 9.17) is 5.26 Å². The highest BCUT2D eigenvalue weighted by Crippen LogP contribution is 2.17. The van der Waals surface area contributed by atoms with Gasteiger partial charge in [0.2, 0.25) is 0 Å². The number of hydrogen-bond acceptors (Lipinski definition) is 2. The molecule has 3 heteroatoms. The summed E-state index contributed by atoms with van der Waals surface area (Å²) >= 11 is 0. The van der Waals surface area contributed by atoms with Gasteiger partial charge in [-0.3, -0.25) is 4.67 Å². The van der Waals surface area contributed by atoms with Crippen molar-refractivity contribution in [1.82, 2.24) is 4.67 Å². The Labute approximate surface area is 51.7 Å². The van der Waals surface area contributed by atoms with Crippen LogP contribution in [0.4, 0.5) is 0 Å². The molecule has 0 spiro atoms. The van der Waals surface area contributed by atoms with Crippen LogP contribution in [-0.4, -0.2) is 17.8 Å². The van der Waals surface area contributed by atoms with Gasteiger partial charge in [0.1, 0.15) is 0 Å². The van der Waals surface area contributed by atoms with Gasteiger partial charge in [0.15, 0.2) is 0 Å². The van der Waals surface area contributed by atoms with Gasteiger partial charge in [-0.05, 0) is 6.42 Å². The Morgan fingerprint density at radius 3 is 2.75 bits per heavy atom. The van der Waals surface area contributed by atoms with Crippen molar-refractivity contribution in [2.24, 2.45) is 5.92 Å². The van der Waals surface area contributed by atoms with E-state index in [9.17, 15) is 0 Å². The van der Waals surface area contributed by atoms with E-state index in [2.05, 4.69) is 20.1 Å². The highest BCUT2D eigenvalue weighted by molar-refractivity contribution is 7.13. The van der Waals surface area contributed by atoms with Crippen LogP contribution in [0.5, 0.6) is 0 Å². The van der Waals surface area contributed by atoms with E-state index in [1.54, 1.807) is 0 Å². The summed E-state index contributed by atoms with van der Waals surface area (Å²) in [5.74, 6) is 0.285. The molecule has 2 atom stereocenters. The maximum Gasteiger partial charge on any atom is 0.0669 e. The van der Waals surface area contributed by atoms with Crippen LogP contribution in [0, 0.1) is 17.2 Å². The van der Waals surface area contributed by atoms with Crippen molar-refractivity contribution in [3.8, 4) is 6.07 Å². The minimum absolute atomic E-state index is 0.285. The van der Waals surface area contributed by atoms with Crippen molar-refractivity contribution in [3.63, 3.8) is 0 Å². The lowest BCUT2D eigenvalue weighted by atomic mass is 10.1. The van der Waals surface area contributed by atoms with Gasteiger partial charge in [-0.15, -0.1) is 0 Å². The highest BCUT2D eigenvalue weighted by atomic mass is 31.0. The van der Waals surface area contributed by atoms with Gasteiger partial charge < -0.3 is 0 Å². The van der Waals surface area contributed by atoms with Gasteiger partial charge in [0, 0.05) is 13.1 Å². The Morgan fingerprint density at radius 2 is 2.50 bits per heavy atom. The number of nitriles is 1. The molecule has 1 aliphatic rings. The molecular weight excluding hydrogens is 119 g/mol. The molecule has 1 unspecified atom stereocenters. The molecule has 0 radical (unpaired) electrons. The first-order valence-corrected chi connectivity index (χ1v) is 3.24. The maximum absolute atomic E-state index is 8.40. The summed E-state index contributed by atoms with van der Waals surface area (Å²) in [4.78, 5) is 0. The molecule has 8 heavy (non-hydrogen) atoms. The molecule has 1 heterocycles. The number of rotatable bonds is 0. The molecule has 0 aliphatic carbocycles. The first kappa shape index (κ1) is 6.01. The largest absolute Gasteiger partial charge is 0.286 e. The molecule has 0 amide bonds. The average Bonchev–Trinajstić information content (AvgIpc) is 2.14. The SMILES string of the molecule is N#C[C@H]1CCN(P)C1. The minimum Gasteiger partial charge on any atom is -0.286 e. The third kappa shape index (κ3) is 1.18. The normalized spacial score (nSPS) is 30.2. The molecule has 2 nitrogen and oxygen atoms in total. The topological polar surface area (TPSA) is 27.0 Å². The first-order valence-electron chi connectivity index (χ1n) is 2.72. The summed E-state index contributed by atoms with van der Waals surface area (Å²) in [5.41, 5.74) is 0. The van der Waals surface area contributed by atoms with Gasteiger partial charge in [-0.25, -0.2) is 0 Å². The number of nitrogens with zero attached hydrogens (tertiary/aromatic N) is 2. The Morgan fingerprint density at radius 1 is 1.75 bits per heavy atom. The van der Waals surface area contributed by atoms with Crippen LogP contribution < -0.4 is 0 Å². The molecule has 0 N–H and O–H groups in total. The van der Waals surface area contributed by atoms with Crippen LogP contribution in [0.2, 0.25) is 0 Å². The van der Waals surface area contributed by atoms with E-state index in [0.29, 0.717) is 0 Å². The first-order chi connectivity index (χ1) is 3.83. The Balaban J connectivity index is 2.35. The monoisotopic (exact) mass is 128 g/mol. The smallest absolute Gasteiger partial charge is 0.0669 e. The van der Waals surface area contributed by atoms with E-state index < -0.39 is 0 Å². The van der Waals surface area contributed by atoms with Crippen LogP contribution in [0.3, 0.4) is 0 Å². The van der Waals surface area contributed by atoms with Crippen molar-refractivity contribution in [2.45, 2.75) is 6.42 Å². The van der Waals surface area contributed by atoms with Gasteiger partial charge >= 0.3 is 0 Å².